The molecular weight excluding hydrogens is 373 g/mol. The Bertz CT molecular complexity index is 1340. The summed E-state index contributed by atoms with van der Waals surface area (Å²) >= 11 is 1.44. The normalized spacial score (nSPS) is 11.0. The maximum Gasteiger partial charge on any atom is 0.241 e. The number of benzene rings is 1. The van der Waals surface area contributed by atoms with Crippen molar-refractivity contribution in [2.24, 2.45) is 0 Å². The average molecular weight is 385 g/mol. The molecule has 1 N–H and O–H groups in total. The van der Waals surface area contributed by atoms with Crippen LogP contribution in [0.2, 0.25) is 0 Å². The second-order valence-corrected chi connectivity index (χ2v) is 7.27. The lowest BCUT2D eigenvalue weighted by Crippen LogP contribution is -1.90. The predicted octanol–water partition coefficient (Wildman–Crippen LogP) is 5.81. The molecule has 5 nitrogen and oxygen atoms in total. The summed E-state index contributed by atoms with van der Waals surface area (Å²) < 4.78 is 15.3. The third-order valence-electron chi connectivity index (χ3n) is 4.54. The van der Waals surface area contributed by atoms with E-state index in [4.69, 9.17) is 6.57 Å². The molecule has 4 aromatic heterocycles. The van der Waals surface area contributed by atoms with Crippen molar-refractivity contribution in [3.63, 3.8) is 0 Å². The molecule has 0 aliphatic heterocycles. The fourth-order valence-corrected chi connectivity index (χ4v) is 3.99. The number of halogens is 1. The van der Waals surface area contributed by atoms with Gasteiger partial charge in [-0.1, -0.05) is 6.07 Å². The van der Waals surface area contributed by atoms with Gasteiger partial charge in [0.15, 0.2) is 0 Å². The van der Waals surface area contributed by atoms with Crippen LogP contribution < -0.4 is 0 Å². The van der Waals surface area contributed by atoms with Crippen molar-refractivity contribution >= 4 is 22.0 Å². The van der Waals surface area contributed by atoms with E-state index in [-0.39, 0.29) is 5.82 Å². The highest BCUT2D eigenvalue weighted by molar-refractivity contribution is 7.19. The SMILES string of the molecule is [C-]#[N+]c1ccc(-c2cnc3ccc(-c4cn[nH]c4-c4ccc(F)cc4)cn23)s1. The Morgan fingerprint density at radius 3 is 2.61 bits per heavy atom. The van der Waals surface area contributed by atoms with Gasteiger partial charge in [-0.25, -0.2) is 14.2 Å². The van der Waals surface area contributed by atoms with Crippen molar-refractivity contribution in [3.05, 3.63) is 84.4 Å². The van der Waals surface area contributed by atoms with Crippen LogP contribution in [0, 0.1) is 12.4 Å². The van der Waals surface area contributed by atoms with Crippen LogP contribution in [0.5, 0.6) is 0 Å². The van der Waals surface area contributed by atoms with E-state index in [0.717, 1.165) is 38.6 Å². The Labute approximate surface area is 163 Å². The standard InChI is InChI=1S/C21H12FN5S/c1-23-20-9-7-18(28-20)17-11-24-19-8-4-14(12-27(17)19)16-10-25-26-21(16)13-2-5-15(22)6-3-13/h2-12H,(H,25,26). The van der Waals surface area contributed by atoms with Crippen LogP contribution in [0.15, 0.2) is 67.1 Å². The zero-order chi connectivity index (χ0) is 19.1. The molecule has 0 aliphatic rings. The molecule has 0 fully saturated rings. The van der Waals surface area contributed by atoms with E-state index in [0.29, 0.717) is 5.00 Å². The maximum atomic E-state index is 13.3. The van der Waals surface area contributed by atoms with E-state index in [1.54, 1.807) is 18.3 Å². The molecular formula is C21H12FN5S. The summed E-state index contributed by atoms with van der Waals surface area (Å²) in [5.41, 5.74) is 5.32. The number of nitrogens with zero attached hydrogens (tertiary/aromatic N) is 4. The number of aromatic nitrogens is 4. The molecule has 0 bridgehead atoms. The van der Waals surface area contributed by atoms with E-state index in [2.05, 4.69) is 20.0 Å². The van der Waals surface area contributed by atoms with Gasteiger partial charge in [0.05, 0.1) is 30.4 Å². The number of H-pyrrole nitrogens is 1. The second-order valence-electron chi connectivity index (χ2n) is 6.20. The first-order valence-corrected chi connectivity index (χ1v) is 9.29. The topological polar surface area (TPSA) is 50.3 Å². The Kier molecular flexibility index (Phi) is 3.78. The van der Waals surface area contributed by atoms with Crippen molar-refractivity contribution in [2.75, 3.05) is 0 Å². The molecule has 0 radical (unpaired) electrons. The van der Waals surface area contributed by atoms with E-state index in [1.807, 2.05) is 41.1 Å². The second kappa shape index (κ2) is 6.44. The number of hydrogen-bond donors (Lipinski definition) is 1. The lowest BCUT2D eigenvalue weighted by molar-refractivity contribution is 0.628. The summed E-state index contributed by atoms with van der Waals surface area (Å²) in [6, 6.07) is 14.0. The molecule has 0 unspecified atom stereocenters. The Hall–Kier alpha value is -3.76. The molecule has 28 heavy (non-hydrogen) atoms. The van der Waals surface area contributed by atoms with E-state index in [9.17, 15) is 4.39 Å². The smallest absolute Gasteiger partial charge is 0.241 e. The summed E-state index contributed by atoms with van der Waals surface area (Å²) in [4.78, 5) is 8.95. The minimum Gasteiger partial charge on any atom is -0.298 e. The Morgan fingerprint density at radius 2 is 1.82 bits per heavy atom. The Morgan fingerprint density at radius 1 is 1.00 bits per heavy atom. The van der Waals surface area contributed by atoms with Crippen molar-refractivity contribution in [1.82, 2.24) is 19.6 Å². The highest BCUT2D eigenvalue weighted by atomic mass is 32.1. The predicted molar refractivity (Wildman–Crippen MR) is 108 cm³/mol. The molecule has 1 aromatic carbocycles. The summed E-state index contributed by atoms with van der Waals surface area (Å²) in [5, 5.41) is 7.84. The molecule has 7 heteroatoms. The lowest BCUT2D eigenvalue weighted by Gasteiger charge is -2.06. The van der Waals surface area contributed by atoms with Gasteiger partial charge < -0.3 is 0 Å². The molecule has 0 spiro atoms. The van der Waals surface area contributed by atoms with Crippen LogP contribution in [-0.2, 0) is 0 Å². The fourth-order valence-electron chi connectivity index (χ4n) is 3.19. The molecule has 0 saturated heterocycles. The first kappa shape index (κ1) is 16.4. The minimum atomic E-state index is -0.274. The van der Waals surface area contributed by atoms with Gasteiger partial charge in [-0.2, -0.15) is 16.4 Å². The number of imidazole rings is 1. The third-order valence-corrected chi connectivity index (χ3v) is 5.54. The molecule has 0 aliphatic carbocycles. The number of pyridine rings is 1. The zero-order valence-corrected chi connectivity index (χ0v) is 15.2. The Balaban J connectivity index is 1.63. The summed E-state index contributed by atoms with van der Waals surface area (Å²) in [7, 11) is 0. The number of thiophene rings is 1. The molecule has 5 aromatic rings. The monoisotopic (exact) mass is 385 g/mol. The van der Waals surface area contributed by atoms with Crippen LogP contribution in [0.4, 0.5) is 9.39 Å². The first-order valence-electron chi connectivity index (χ1n) is 8.47. The van der Waals surface area contributed by atoms with Crippen LogP contribution >= 0.6 is 11.3 Å². The van der Waals surface area contributed by atoms with Gasteiger partial charge in [-0.05, 0) is 42.5 Å². The van der Waals surface area contributed by atoms with E-state index in [1.165, 1.54) is 23.5 Å². The first-order chi connectivity index (χ1) is 13.7. The van der Waals surface area contributed by atoms with Crippen LogP contribution in [0.3, 0.4) is 0 Å². The molecule has 4 heterocycles. The highest BCUT2D eigenvalue weighted by Gasteiger charge is 2.13. The van der Waals surface area contributed by atoms with Gasteiger partial charge in [0.25, 0.3) is 0 Å². The largest absolute Gasteiger partial charge is 0.298 e. The average Bonchev–Trinajstić information content (AvgIpc) is 3.46. The van der Waals surface area contributed by atoms with Gasteiger partial charge >= 0.3 is 0 Å². The zero-order valence-electron chi connectivity index (χ0n) is 14.4. The molecule has 0 amide bonds. The summed E-state index contributed by atoms with van der Waals surface area (Å²) in [6.45, 7) is 7.17. The van der Waals surface area contributed by atoms with Crippen LogP contribution in [0.25, 0.3) is 43.4 Å². The summed E-state index contributed by atoms with van der Waals surface area (Å²) in [5.74, 6) is -0.274. The van der Waals surface area contributed by atoms with Gasteiger partial charge in [0, 0.05) is 27.8 Å². The van der Waals surface area contributed by atoms with Gasteiger partial charge in [0.1, 0.15) is 11.5 Å². The molecule has 0 atom stereocenters. The van der Waals surface area contributed by atoms with Gasteiger partial charge in [-0.3, -0.25) is 9.50 Å². The number of aromatic amines is 1. The summed E-state index contributed by atoms with van der Waals surface area (Å²) in [6.07, 6.45) is 5.58. The lowest BCUT2D eigenvalue weighted by atomic mass is 10.0. The molecule has 0 saturated carbocycles. The number of nitrogens with one attached hydrogen (secondary N) is 1. The van der Waals surface area contributed by atoms with Crippen molar-refractivity contribution < 1.29 is 4.39 Å². The number of hydrogen-bond acceptors (Lipinski definition) is 3. The van der Waals surface area contributed by atoms with Crippen LogP contribution in [0.1, 0.15) is 0 Å². The van der Waals surface area contributed by atoms with Gasteiger partial charge in [-0.15, -0.1) is 0 Å². The fraction of sp³-hybridized carbons (Fsp3) is 0. The minimum absolute atomic E-state index is 0.274. The molecule has 134 valence electrons. The number of rotatable bonds is 3. The van der Waals surface area contributed by atoms with Gasteiger partial charge in [0.2, 0.25) is 5.00 Å². The van der Waals surface area contributed by atoms with Crippen molar-refractivity contribution in [2.45, 2.75) is 0 Å². The number of fused-ring (bicyclic) bond motifs is 1. The van der Waals surface area contributed by atoms with E-state index < -0.39 is 0 Å². The van der Waals surface area contributed by atoms with Crippen molar-refractivity contribution in [1.29, 1.82) is 0 Å². The quantitative estimate of drug-likeness (QED) is 0.399. The van der Waals surface area contributed by atoms with E-state index >= 15 is 0 Å². The maximum absolute atomic E-state index is 13.3. The highest BCUT2D eigenvalue weighted by Crippen LogP contribution is 2.35. The van der Waals surface area contributed by atoms with Crippen molar-refractivity contribution in [3.8, 4) is 33.0 Å². The van der Waals surface area contributed by atoms with Crippen LogP contribution in [-0.4, -0.2) is 19.6 Å². The third kappa shape index (κ3) is 2.68. The molecule has 5 rings (SSSR count).